The lowest BCUT2D eigenvalue weighted by Gasteiger charge is -2.04. The lowest BCUT2D eigenvalue weighted by molar-refractivity contribution is -0.115. The van der Waals surface area contributed by atoms with Crippen molar-refractivity contribution in [2.75, 3.05) is 0 Å². The van der Waals surface area contributed by atoms with E-state index in [1.165, 1.54) is 4.68 Å². The second kappa shape index (κ2) is 6.00. The summed E-state index contributed by atoms with van der Waals surface area (Å²) in [5.41, 5.74) is 2.46. The van der Waals surface area contributed by atoms with Crippen LogP contribution < -0.4 is 5.56 Å². The van der Waals surface area contributed by atoms with Crippen LogP contribution in [0.5, 0.6) is 0 Å². The monoisotopic (exact) mass is 308 g/mol. The Bertz CT molecular complexity index is 898. The van der Waals surface area contributed by atoms with E-state index in [9.17, 15) is 9.59 Å². The molecule has 0 unspecified atom stereocenters. The maximum Gasteiger partial charge on any atom is 0.299 e. The number of rotatable bonds is 3. The molecular formula is C17H16N4O2. The predicted octanol–water partition coefficient (Wildman–Crippen LogP) is 3.36. The molecule has 0 saturated heterocycles. The molecule has 1 aliphatic carbocycles. The van der Waals surface area contributed by atoms with Gasteiger partial charge in [-0.15, -0.1) is 10.2 Å². The average Bonchev–Trinajstić information content (AvgIpc) is 2.84. The van der Waals surface area contributed by atoms with Crippen LogP contribution in [0.2, 0.25) is 0 Å². The standard InChI is InChI=1S/C17H16N4O2/c1-11-8-9-15(22)14(10-11)18-19-16-12(2)20-21(17(16)23)13-6-4-3-5-7-13/h3-8,10,20H,9H2,1-2H3. The van der Waals surface area contributed by atoms with Gasteiger partial charge in [0, 0.05) is 6.42 Å². The Labute approximate surface area is 132 Å². The Kier molecular flexibility index (Phi) is 3.89. The first kappa shape index (κ1) is 14.9. The van der Waals surface area contributed by atoms with Crippen LogP contribution >= 0.6 is 0 Å². The number of aromatic amines is 1. The van der Waals surface area contributed by atoms with E-state index >= 15 is 0 Å². The van der Waals surface area contributed by atoms with Gasteiger partial charge in [0.2, 0.25) is 0 Å². The zero-order valence-corrected chi connectivity index (χ0v) is 12.9. The predicted molar refractivity (Wildman–Crippen MR) is 87.1 cm³/mol. The van der Waals surface area contributed by atoms with Gasteiger partial charge in [-0.3, -0.25) is 14.7 Å². The van der Waals surface area contributed by atoms with Gasteiger partial charge in [-0.05, 0) is 32.1 Å². The molecule has 0 atom stereocenters. The molecule has 0 amide bonds. The van der Waals surface area contributed by atoms with Crippen molar-refractivity contribution in [1.29, 1.82) is 0 Å². The molecule has 116 valence electrons. The fourth-order valence-corrected chi connectivity index (χ4v) is 2.32. The van der Waals surface area contributed by atoms with Crippen molar-refractivity contribution in [3.63, 3.8) is 0 Å². The molecule has 6 nitrogen and oxygen atoms in total. The highest BCUT2D eigenvalue weighted by Gasteiger charge is 2.15. The molecule has 0 aliphatic heterocycles. The number of hydrogen-bond acceptors (Lipinski definition) is 4. The molecule has 2 aromatic rings. The molecule has 3 rings (SSSR count). The highest BCUT2D eigenvalue weighted by atomic mass is 16.1. The van der Waals surface area contributed by atoms with E-state index < -0.39 is 0 Å². The highest BCUT2D eigenvalue weighted by molar-refractivity contribution is 5.97. The maximum absolute atomic E-state index is 12.5. The first-order valence-corrected chi connectivity index (χ1v) is 7.26. The molecule has 1 N–H and O–H groups in total. The van der Waals surface area contributed by atoms with Crippen molar-refractivity contribution in [1.82, 2.24) is 9.78 Å². The van der Waals surface area contributed by atoms with Crippen molar-refractivity contribution < 1.29 is 4.79 Å². The summed E-state index contributed by atoms with van der Waals surface area (Å²) in [7, 11) is 0. The second-order valence-electron chi connectivity index (χ2n) is 5.37. The summed E-state index contributed by atoms with van der Waals surface area (Å²) >= 11 is 0. The fourth-order valence-electron chi connectivity index (χ4n) is 2.32. The summed E-state index contributed by atoms with van der Waals surface area (Å²) in [6.07, 6.45) is 3.83. The van der Waals surface area contributed by atoms with Gasteiger partial charge < -0.3 is 0 Å². The van der Waals surface area contributed by atoms with Crippen molar-refractivity contribution in [3.8, 4) is 5.69 Å². The van der Waals surface area contributed by atoms with Crippen molar-refractivity contribution in [2.45, 2.75) is 20.3 Å². The van der Waals surface area contributed by atoms with Crippen LogP contribution in [0.15, 0.2) is 68.8 Å². The molecule has 1 aliphatic rings. The third kappa shape index (κ3) is 2.96. The molecule has 0 bridgehead atoms. The van der Waals surface area contributed by atoms with Crippen LogP contribution in [-0.2, 0) is 4.79 Å². The number of nitrogens with one attached hydrogen (secondary N) is 1. The Morgan fingerprint density at radius 2 is 1.83 bits per heavy atom. The third-order valence-corrected chi connectivity index (χ3v) is 3.57. The quantitative estimate of drug-likeness (QED) is 0.882. The van der Waals surface area contributed by atoms with E-state index in [1.54, 1.807) is 13.0 Å². The molecule has 1 heterocycles. The minimum absolute atomic E-state index is 0.101. The van der Waals surface area contributed by atoms with Gasteiger partial charge in [-0.1, -0.05) is 29.8 Å². The Hall–Kier alpha value is -3.02. The number of aromatic nitrogens is 2. The number of carbonyl (C=O) groups excluding carboxylic acids is 1. The van der Waals surface area contributed by atoms with E-state index in [1.807, 2.05) is 43.3 Å². The van der Waals surface area contributed by atoms with Crippen LogP contribution in [0.3, 0.4) is 0 Å². The van der Waals surface area contributed by atoms with E-state index in [4.69, 9.17) is 0 Å². The number of Topliss-reactive ketones (excluding diaryl/α,β-unsaturated/α-hetero) is 1. The normalized spacial score (nSPS) is 15.0. The largest absolute Gasteiger partial charge is 0.299 e. The van der Waals surface area contributed by atoms with Crippen LogP contribution in [0.4, 0.5) is 5.69 Å². The molecule has 0 radical (unpaired) electrons. The lowest BCUT2D eigenvalue weighted by Crippen LogP contribution is -2.13. The average molecular weight is 308 g/mol. The summed E-state index contributed by atoms with van der Waals surface area (Å²) < 4.78 is 1.41. The Morgan fingerprint density at radius 1 is 1.09 bits per heavy atom. The molecular weight excluding hydrogens is 292 g/mol. The van der Waals surface area contributed by atoms with Gasteiger partial charge in [-0.25, -0.2) is 4.68 Å². The number of allylic oxidation sites excluding steroid dienone is 4. The minimum Gasteiger partial charge on any atom is -0.293 e. The molecule has 0 spiro atoms. The number of benzene rings is 1. The topological polar surface area (TPSA) is 79.6 Å². The minimum atomic E-state index is -0.298. The molecule has 23 heavy (non-hydrogen) atoms. The van der Waals surface area contributed by atoms with E-state index in [-0.39, 0.29) is 22.7 Å². The summed E-state index contributed by atoms with van der Waals surface area (Å²) in [6, 6.07) is 9.21. The number of para-hydroxylation sites is 1. The number of hydrogen-bond donors (Lipinski definition) is 1. The van der Waals surface area contributed by atoms with Crippen LogP contribution in [0.1, 0.15) is 19.0 Å². The summed E-state index contributed by atoms with van der Waals surface area (Å²) in [5.74, 6) is -0.101. The number of nitrogens with zero attached hydrogens (tertiary/aromatic N) is 3. The summed E-state index contributed by atoms with van der Waals surface area (Å²) in [5, 5.41) is 11.0. The SMILES string of the molecule is CC1=CCC(=O)C(N=Nc2c(C)[nH]n(-c3ccccc3)c2=O)=C1. The number of carbonyl (C=O) groups is 1. The number of ketones is 1. The van der Waals surface area contributed by atoms with Crippen molar-refractivity contribution >= 4 is 11.5 Å². The van der Waals surface area contributed by atoms with Gasteiger partial charge in [0.1, 0.15) is 5.70 Å². The highest BCUT2D eigenvalue weighted by Crippen LogP contribution is 2.19. The molecule has 6 heteroatoms. The molecule has 0 fully saturated rings. The Morgan fingerprint density at radius 3 is 2.57 bits per heavy atom. The van der Waals surface area contributed by atoms with Crippen LogP contribution in [-0.4, -0.2) is 15.6 Å². The van der Waals surface area contributed by atoms with Crippen LogP contribution in [0, 0.1) is 6.92 Å². The van der Waals surface area contributed by atoms with Gasteiger partial charge >= 0.3 is 0 Å². The molecule has 1 aromatic heterocycles. The zero-order valence-electron chi connectivity index (χ0n) is 12.9. The van der Waals surface area contributed by atoms with Crippen molar-refractivity contribution in [2.24, 2.45) is 10.2 Å². The van der Waals surface area contributed by atoms with Gasteiger partial charge in [0.15, 0.2) is 11.5 Å². The maximum atomic E-state index is 12.5. The van der Waals surface area contributed by atoms with Gasteiger partial charge in [-0.2, -0.15) is 0 Å². The number of aryl methyl sites for hydroxylation is 1. The van der Waals surface area contributed by atoms with Crippen LogP contribution in [0.25, 0.3) is 5.69 Å². The van der Waals surface area contributed by atoms with Gasteiger partial charge in [0.25, 0.3) is 5.56 Å². The molecule has 0 saturated carbocycles. The summed E-state index contributed by atoms with van der Waals surface area (Å²) in [6.45, 7) is 3.64. The number of azo groups is 1. The smallest absolute Gasteiger partial charge is 0.293 e. The van der Waals surface area contributed by atoms with E-state index in [2.05, 4.69) is 15.3 Å². The Balaban J connectivity index is 1.98. The molecule has 1 aromatic carbocycles. The number of H-pyrrole nitrogens is 1. The third-order valence-electron chi connectivity index (χ3n) is 3.57. The first-order valence-electron chi connectivity index (χ1n) is 7.26. The zero-order chi connectivity index (χ0) is 16.4. The van der Waals surface area contributed by atoms with Crippen molar-refractivity contribution in [3.05, 3.63) is 69.8 Å². The van der Waals surface area contributed by atoms with E-state index in [0.717, 1.165) is 5.57 Å². The lowest BCUT2D eigenvalue weighted by atomic mass is 10.1. The van der Waals surface area contributed by atoms with Gasteiger partial charge in [0.05, 0.1) is 11.4 Å². The first-order chi connectivity index (χ1) is 11.1. The second-order valence-corrected chi connectivity index (χ2v) is 5.37. The van der Waals surface area contributed by atoms with E-state index in [0.29, 0.717) is 17.8 Å². The summed E-state index contributed by atoms with van der Waals surface area (Å²) in [4.78, 5) is 24.3. The fraction of sp³-hybridized carbons (Fsp3) is 0.176.